The summed E-state index contributed by atoms with van der Waals surface area (Å²) in [6.07, 6.45) is -21.1. The van der Waals surface area contributed by atoms with Crippen LogP contribution in [0.4, 0.5) is 18.0 Å². The monoisotopic (exact) mass is 1330 g/mol. The predicted molar refractivity (Wildman–Crippen MR) is 322 cm³/mol. The van der Waals surface area contributed by atoms with Crippen molar-refractivity contribution in [3.63, 3.8) is 0 Å². The van der Waals surface area contributed by atoms with E-state index in [1.54, 1.807) is 62.3 Å². The molecule has 29 heteroatoms. The molecule has 12 unspecified atom stereocenters. The first-order valence-electron chi connectivity index (χ1n) is 31.2. The molecular formula is C62H101F3N4O21S. The van der Waals surface area contributed by atoms with Crippen LogP contribution >= 0.6 is 0 Å². The van der Waals surface area contributed by atoms with Crippen LogP contribution in [-0.4, -0.2) is 211 Å². The molecule has 5 rings (SSSR count). The van der Waals surface area contributed by atoms with Gasteiger partial charge in [0.15, 0.2) is 30.3 Å². The molecule has 91 heavy (non-hydrogen) atoms. The highest BCUT2D eigenvalue weighted by Gasteiger charge is 2.53. The number of cyclic esters (lactones) is 1. The number of Topliss-reactive ketones (excluding diaryl/α,β-unsaturated/α-hetero) is 1. The molecule has 0 saturated carbocycles. The molecule has 4 aliphatic rings. The molecule has 1 amide bonds. The van der Waals surface area contributed by atoms with E-state index in [0.29, 0.717) is 13.0 Å². The van der Waals surface area contributed by atoms with Gasteiger partial charge < -0.3 is 82.1 Å². The van der Waals surface area contributed by atoms with Crippen LogP contribution in [0.1, 0.15) is 130 Å². The van der Waals surface area contributed by atoms with Crippen molar-refractivity contribution in [2.24, 2.45) is 46.6 Å². The number of para-hydroxylation sites is 1. The van der Waals surface area contributed by atoms with Gasteiger partial charge >= 0.3 is 24.4 Å². The second-order valence-electron chi connectivity index (χ2n) is 26.5. The molecule has 25 nitrogen and oxygen atoms in total. The van der Waals surface area contributed by atoms with Crippen molar-refractivity contribution >= 4 is 39.6 Å². The molecule has 522 valence electrons. The third-order valence-electron chi connectivity index (χ3n) is 17.4. The molecule has 0 aromatic heterocycles. The number of ketones is 1. The largest absolute Gasteiger partial charge is 0.573 e. The quantitative estimate of drug-likeness (QED) is 0.0568. The zero-order chi connectivity index (χ0) is 68.4. The third-order valence-corrected chi connectivity index (χ3v) is 18.9. The van der Waals surface area contributed by atoms with Gasteiger partial charge in [0.05, 0.1) is 60.2 Å². The van der Waals surface area contributed by atoms with Crippen LogP contribution < -0.4 is 14.8 Å². The molecule has 4 fully saturated rings. The first-order valence-corrected chi connectivity index (χ1v) is 32.7. The number of hydrogen-bond donors (Lipinski definition) is 4. The molecule has 4 heterocycles. The number of aliphatic hydroxyl groups excluding tert-OH is 2. The number of carbonyl (C=O) groups is 4. The first-order chi connectivity index (χ1) is 42.3. The Hall–Kier alpha value is -4.37. The summed E-state index contributed by atoms with van der Waals surface area (Å²) in [4.78, 5) is 66.8. The normalized spacial score (nSPS) is 36.4. The van der Waals surface area contributed by atoms with Crippen molar-refractivity contribution in [3.8, 4) is 5.75 Å². The number of likely N-dealkylation sites (N-methyl/N-ethyl adjacent to an activating group) is 1. The van der Waals surface area contributed by atoms with Gasteiger partial charge in [-0.15, -0.1) is 13.2 Å². The number of ether oxygens (including phenoxy) is 12. The van der Waals surface area contributed by atoms with Crippen LogP contribution in [0.25, 0.3) is 0 Å². The fourth-order valence-electron chi connectivity index (χ4n) is 12.5. The van der Waals surface area contributed by atoms with Crippen molar-refractivity contribution < 1.29 is 113 Å². The fourth-order valence-corrected chi connectivity index (χ4v) is 13.9. The summed E-state index contributed by atoms with van der Waals surface area (Å²) in [7, 11) is 1.34. The number of oxime groups is 1. The van der Waals surface area contributed by atoms with Gasteiger partial charge in [-0.2, -0.15) is 0 Å². The molecule has 0 bridgehead atoms. The van der Waals surface area contributed by atoms with Gasteiger partial charge in [-0.25, -0.2) is 17.9 Å². The van der Waals surface area contributed by atoms with Gasteiger partial charge in [0.25, 0.3) is 0 Å². The van der Waals surface area contributed by atoms with E-state index in [4.69, 9.17) is 56.9 Å². The topological polar surface area (TPSA) is 303 Å². The number of alkyl halides is 3. The third kappa shape index (κ3) is 20.8. The lowest BCUT2D eigenvalue weighted by Gasteiger charge is -2.45. The van der Waals surface area contributed by atoms with E-state index in [0.717, 1.165) is 18.2 Å². The molecule has 0 aliphatic carbocycles. The van der Waals surface area contributed by atoms with Crippen LogP contribution in [0.5, 0.6) is 5.75 Å². The number of benzene rings is 1. The van der Waals surface area contributed by atoms with Crippen molar-refractivity contribution in [1.29, 1.82) is 0 Å². The van der Waals surface area contributed by atoms with Gasteiger partial charge in [-0.3, -0.25) is 14.4 Å². The van der Waals surface area contributed by atoms with E-state index in [1.807, 2.05) is 20.9 Å². The number of hydrogen-bond acceptors (Lipinski definition) is 23. The van der Waals surface area contributed by atoms with Gasteiger partial charge in [0.2, 0.25) is 10.0 Å². The van der Waals surface area contributed by atoms with Crippen LogP contribution in [0.2, 0.25) is 0 Å². The smallest absolute Gasteiger partial charge is 0.461 e. The minimum atomic E-state index is -5.23. The Morgan fingerprint density at radius 1 is 0.846 bits per heavy atom. The first kappa shape index (κ1) is 77.3. The minimum Gasteiger partial charge on any atom is -0.461 e. The zero-order valence-corrected chi connectivity index (χ0v) is 56.9. The number of halogens is 3. The van der Waals surface area contributed by atoms with E-state index in [9.17, 15) is 41.4 Å². The molecule has 0 spiro atoms. The number of nitrogens with zero attached hydrogens (tertiary/aromatic N) is 2. The van der Waals surface area contributed by atoms with Crippen molar-refractivity contribution in [3.05, 3.63) is 24.3 Å². The van der Waals surface area contributed by atoms with E-state index in [1.165, 1.54) is 55.1 Å². The molecule has 1 aromatic carbocycles. The number of rotatable bonds is 21. The van der Waals surface area contributed by atoms with Crippen LogP contribution in [0.3, 0.4) is 0 Å². The second kappa shape index (κ2) is 32.9. The number of esters is 2. The number of nitrogens with one attached hydrogen (secondary N) is 2. The lowest BCUT2D eigenvalue weighted by Crippen LogP contribution is -2.59. The SMILES string of the molecule is CON=C1C[C@@H](C)O[C@@H](OC2C(C)CC(C)(OC(=O)NC(C)(C)CNS(=O)(=O)c3ccccc3OC(F)(F)F)C(=O)C(C)C(OC(=O)CC(C)C)C(C)C(C(C)CO[C@@H]3O[C@H](C)[C@@H](O)[C@@H](OC)[C@H]3OC)OC(=O)C(C)C(O[C@H]3CC(C)N(C)C[C@H](C)O3)C2C)[C@@H]1O. The van der Waals surface area contributed by atoms with Gasteiger partial charge in [0, 0.05) is 70.4 Å². The van der Waals surface area contributed by atoms with Crippen LogP contribution in [-0.2, 0) is 81.3 Å². The Morgan fingerprint density at radius 2 is 1.49 bits per heavy atom. The Morgan fingerprint density at radius 3 is 2.11 bits per heavy atom. The van der Waals surface area contributed by atoms with Crippen molar-refractivity contribution in [2.45, 2.75) is 244 Å². The standard InChI is InChI=1S/C62H101F3N4O21S/c1-31(2)24-45(70)85-51-38(9)50(33(4)29-81-58-54(79-18)53(78-17)47(71)41(12)84-58)87-56(74)40(11)52(86-46-25-34(5)69(16)28-36(7)82-46)37(8)49(88-57-48(72)42(68-80-19)26-35(6)83-57)32(3)27-61(15,55(73)39(51)10)90-59(75)67-60(13,14)30-66-91(76,77)44-23-21-20-22-43(44)89-62(63,64)65/h20-23,31-41,46-54,57-58,66,71-72H,24-30H2,1-19H3,(H,67,75)/t32?,33?,34?,35-,36+,37?,38?,39?,40?,41-,46+,47-,48-,49?,50?,51?,52?,53-,54-,57+,58-,61?/m1/s1. The Bertz CT molecular complexity index is 2700. The summed E-state index contributed by atoms with van der Waals surface area (Å²) >= 11 is 0. The summed E-state index contributed by atoms with van der Waals surface area (Å²) in [5, 5.41) is 29.5. The fraction of sp³-hybridized carbons (Fsp3) is 0.823. The number of alkyl carbamates (subject to hydrolysis) is 1. The molecule has 4 saturated heterocycles. The molecule has 0 radical (unpaired) electrons. The summed E-state index contributed by atoms with van der Waals surface area (Å²) in [5.74, 6) is -9.84. The van der Waals surface area contributed by atoms with E-state index in [-0.39, 0.29) is 43.2 Å². The number of aliphatic hydroxyl groups is 2. The van der Waals surface area contributed by atoms with Gasteiger partial charge in [-0.05, 0) is 92.8 Å². The van der Waals surface area contributed by atoms with Gasteiger partial charge in [-0.1, -0.05) is 65.8 Å². The molecule has 22 atom stereocenters. The predicted octanol–water partition coefficient (Wildman–Crippen LogP) is 6.66. The highest BCUT2D eigenvalue weighted by molar-refractivity contribution is 7.89. The van der Waals surface area contributed by atoms with Gasteiger partial charge in [0.1, 0.15) is 54.4 Å². The zero-order valence-electron chi connectivity index (χ0n) is 56.0. The summed E-state index contributed by atoms with van der Waals surface area (Å²) in [6.45, 7) is 24.7. The Labute approximate surface area is 534 Å². The number of sulfonamides is 1. The number of carbonyl (C=O) groups excluding carboxylic acids is 4. The maximum atomic E-state index is 16.1. The minimum absolute atomic E-state index is 0.0720. The lowest BCUT2D eigenvalue weighted by atomic mass is 9.74. The van der Waals surface area contributed by atoms with E-state index >= 15 is 9.59 Å². The van der Waals surface area contributed by atoms with Crippen molar-refractivity contribution in [1.82, 2.24) is 14.9 Å². The number of amides is 1. The second-order valence-corrected chi connectivity index (χ2v) is 28.2. The maximum absolute atomic E-state index is 16.1. The molecule has 4 N–H and O–H groups in total. The van der Waals surface area contributed by atoms with E-state index < -0.39 is 190 Å². The Balaban J connectivity index is 1.70. The van der Waals surface area contributed by atoms with Crippen LogP contribution in [0.15, 0.2) is 34.3 Å². The lowest BCUT2D eigenvalue weighted by molar-refractivity contribution is -0.305. The summed E-state index contributed by atoms with van der Waals surface area (Å²) in [5.41, 5.74) is -3.66. The molecule has 4 aliphatic heterocycles. The van der Waals surface area contributed by atoms with Crippen LogP contribution in [0, 0.1) is 41.4 Å². The average Bonchev–Trinajstić information content (AvgIpc) is 1.04. The highest BCUT2D eigenvalue weighted by atomic mass is 32.2. The van der Waals surface area contributed by atoms with E-state index in [2.05, 4.69) is 24.8 Å². The molecular weight excluding hydrogens is 1230 g/mol. The highest BCUT2D eigenvalue weighted by Crippen LogP contribution is 2.41. The Kier molecular flexibility index (Phi) is 27.9. The maximum Gasteiger partial charge on any atom is 0.573 e. The average molecular weight is 1330 g/mol. The summed E-state index contributed by atoms with van der Waals surface area (Å²) in [6, 6.07) is 4.03. The number of methoxy groups -OCH3 is 2. The molecule has 1 aromatic rings. The van der Waals surface area contributed by atoms with Crippen molar-refractivity contribution in [2.75, 3.05) is 48.1 Å². The summed E-state index contributed by atoms with van der Waals surface area (Å²) < 4.78 is 144.